The van der Waals surface area contributed by atoms with Gasteiger partial charge in [0, 0.05) is 43.9 Å². The van der Waals surface area contributed by atoms with Crippen molar-refractivity contribution in [1.29, 1.82) is 0 Å². The largest absolute Gasteiger partial charge is 0.468 e. The summed E-state index contributed by atoms with van der Waals surface area (Å²) >= 11 is 0. The van der Waals surface area contributed by atoms with Gasteiger partial charge in [-0.25, -0.2) is 9.97 Å². The number of ether oxygens (including phenoxy) is 1. The number of nitrogens with zero attached hydrogens (tertiary/aromatic N) is 4. The van der Waals surface area contributed by atoms with Crippen LogP contribution in [0, 0.1) is 6.92 Å². The van der Waals surface area contributed by atoms with Gasteiger partial charge in [0.15, 0.2) is 0 Å². The van der Waals surface area contributed by atoms with Crippen molar-refractivity contribution in [3.63, 3.8) is 0 Å². The predicted octanol–water partition coefficient (Wildman–Crippen LogP) is 1.20. The second-order valence-corrected chi connectivity index (χ2v) is 5.72. The molecule has 116 valence electrons. The van der Waals surface area contributed by atoms with Gasteiger partial charge in [-0.05, 0) is 6.92 Å². The molecule has 0 N–H and O–H groups in total. The maximum absolute atomic E-state index is 11.3. The summed E-state index contributed by atoms with van der Waals surface area (Å²) in [5.41, 5.74) is 1.00. The van der Waals surface area contributed by atoms with Crippen molar-refractivity contribution < 1.29 is 9.53 Å². The number of hydrogen-bond acceptors (Lipinski definition) is 6. The van der Waals surface area contributed by atoms with E-state index in [1.165, 1.54) is 7.11 Å². The van der Waals surface area contributed by atoms with Crippen LogP contribution in [-0.4, -0.2) is 60.7 Å². The topological polar surface area (TPSA) is 58.6 Å². The van der Waals surface area contributed by atoms with E-state index in [0.717, 1.165) is 43.5 Å². The Morgan fingerprint density at radius 2 is 1.95 bits per heavy atom. The van der Waals surface area contributed by atoms with Crippen molar-refractivity contribution >= 4 is 11.8 Å². The lowest BCUT2D eigenvalue weighted by atomic mass is 10.2. The number of aryl methyl sites for hydroxylation is 1. The molecule has 0 atom stereocenters. The SMILES string of the molecule is COC(=O)CN1CCN(c2cc(C)nc(C(C)C)n2)CC1. The number of rotatable bonds is 4. The maximum atomic E-state index is 11.3. The molecule has 1 aliphatic rings. The summed E-state index contributed by atoms with van der Waals surface area (Å²) in [6.45, 7) is 9.99. The summed E-state index contributed by atoms with van der Waals surface area (Å²) < 4.78 is 4.71. The molecule has 2 rings (SSSR count). The van der Waals surface area contributed by atoms with Crippen LogP contribution in [0.25, 0.3) is 0 Å². The fourth-order valence-corrected chi connectivity index (χ4v) is 2.38. The van der Waals surface area contributed by atoms with Crippen LogP contribution in [0.1, 0.15) is 31.3 Å². The van der Waals surface area contributed by atoms with Crippen molar-refractivity contribution in [3.8, 4) is 0 Å². The zero-order valence-corrected chi connectivity index (χ0v) is 13.3. The van der Waals surface area contributed by atoms with Crippen molar-refractivity contribution in [1.82, 2.24) is 14.9 Å². The molecule has 6 heteroatoms. The Labute approximate surface area is 126 Å². The molecular formula is C15H24N4O2. The third kappa shape index (κ3) is 4.14. The van der Waals surface area contributed by atoms with Gasteiger partial charge in [0.25, 0.3) is 0 Å². The Morgan fingerprint density at radius 3 is 2.52 bits per heavy atom. The van der Waals surface area contributed by atoms with E-state index in [1.807, 2.05) is 13.0 Å². The maximum Gasteiger partial charge on any atom is 0.319 e. The summed E-state index contributed by atoms with van der Waals surface area (Å²) in [6.07, 6.45) is 0. The van der Waals surface area contributed by atoms with Gasteiger partial charge >= 0.3 is 5.97 Å². The smallest absolute Gasteiger partial charge is 0.319 e. The molecule has 21 heavy (non-hydrogen) atoms. The van der Waals surface area contributed by atoms with E-state index in [2.05, 4.69) is 33.6 Å². The van der Waals surface area contributed by atoms with Crippen molar-refractivity contribution in [2.45, 2.75) is 26.7 Å². The van der Waals surface area contributed by atoms with E-state index in [-0.39, 0.29) is 5.97 Å². The van der Waals surface area contributed by atoms with Crippen LogP contribution in [0.4, 0.5) is 5.82 Å². The standard InChI is InChI=1S/C15H24N4O2/c1-11(2)15-16-12(3)9-13(17-15)19-7-5-18(6-8-19)10-14(20)21-4/h9,11H,5-8,10H2,1-4H3. The van der Waals surface area contributed by atoms with E-state index in [0.29, 0.717) is 12.5 Å². The van der Waals surface area contributed by atoms with Gasteiger partial charge in [0.2, 0.25) is 0 Å². The number of carbonyl (C=O) groups is 1. The van der Waals surface area contributed by atoms with Crippen molar-refractivity contribution in [2.24, 2.45) is 0 Å². The van der Waals surface area contributed by atoms with Crippen LogP contribution in [0.5, 0.6) is 0 Å². The molecule has 6 nitrogen and oxygen atoms in total. The molecule has 0 spiro atoms. The van der Waals surface area contributed by atoms with E-state index in [1.54, 1.807) is 0 Å². The molecule has 2 heterocycles. The summed E-state index contributed by atoms with van der Waals surface area (Å²) in [7, 11) is 1.43. The van der Waals surface area contributed by atoms with E-state index >= 15 is 0 Å². The number of aromatic nitrogens is 2. The van der Waals surface area contributed by atoms with E-state index < -0.39 is 0 Å². The highest BCUT2D eigenvalue weighted by Gasteiger charge is 2.21. The second kappa shape index (κ2) is 6.85. The average molecular weight is 292 g/mol. The Bertz CT molecular complexity index is 496. The van der Waals surface area contributed by atoms with Gasteiger partial charge in [-0.15, -0.1) is 0 Å². The summed E-state index contributed by atoms with van der Waals surface area (Å²) in [6, 6.07) is 2.03. The Morgan fingerprint density at radius 1 is 1.29 bits per heavy atom. The minimum absolute atomic E-state index is 0.177. The minimum atomic E-state index is -0.177. The molecule has 0 unspecified atom stereocenters. The predicted molar refractivity (Wildman–Crippen MR) is 81.5 cm³/mol. The lowest BCUT2D eigenvalue weighted by molar-refractivity contribution is -0.142. The highest BCUT2D eigenvalue weighted by atomic mass is 16.5. The van der Waals surface area contributed by atoms with Gasteiger partial charge in [-0.3, -0.25) is 9.69 Å². The Hall–Kier alpha value is -1.69. The van der Waals surface area contributed by atoms with Crippen LogP contribution >= 0.6 is 0 Å². The van der Waals surface area contributed by atoms with E-state index in [4.69, 9.17) is 4.74 Å². The molecule has 1 aromatic heterocycles. The molecule has 1 fully saturated rings. The molecule has 1 aliphatic heterocycles. The van der Waals surface area contributed by atoms with E-state index in [9.17, 15) is 4.79 Å². The first-order valence-corrected chi connectivity index (χ1v) is 7.39. The van der Waals surface area contributed by atoms with Gasteiger partial charge in [0.05, 0.1) is 13.7 Å². The quantitative estimate of drug-likeness (QED) is 0.777. The molecule has 0 aliphatic carbocycles. The monoisotopic (exact) mass is 292 g/mol. The molecule has 1 aromatic rings. The van der Waals surface area contributed by atoms with Crippen LogP contribution in [0.3, 0.4) is 0 Å². The highest BCUT2D eigenvalue weighted by Crippen LogP contribution is 2.18. The zero-order chi connectivity index (χ0) is 15.4. The zero-order valence-electron chi connectivity index (χ0n) is 13.3. The lowest BCUT2D eigenvalue weighted by Gasteiger charge is -2.35. The molecule has 0 aromatic carbocycles. The third-order valence-electron chi connectivity index (χ3n) is 3.65. The number of piperazine rings is 1. The fraction of sp³-hybridized carbons (Fsp3) is 0.667. The summed E-state index contributed by atoms with van der Waals surface area (Å²) in [5.74, 6) is 2.03. The Kier molecular flexibility index (Phi) is 5.12. The van der Waals surface area contributed by atoms with Crippen LogP contribution < -0.4 is 4.90 Å². The lowest BCUT2D eigenvalue weighted by Crippen LogP contribution is -2.48. The first-order valence-electron chi connectivity index (χ1n) is 7.39. The Balaban J connectivity index is 2.00. The average Bonchev–Trinajstić information content (AvgIpc) is 2.47. The molecule has 0 amide bonds. The molecule has 0 radical (unpaired) electrons. The van der Waals surface area contributed by atoms with Gasteiger partial charge in [-0.2, -0.15) is 0 Å². The number of hydrogen-bond donors (Lipinski definition) is 0. The normalized spacial score (nSPS) is 16.3. The van der Waals surface area contributed by atoms with Crippen LogP contribution in [0.15, 0.2) is 6.07 Å². The molecule has 0 saturated carbocycles. The third-order valence-corrected chi connectivity index (χ3v) is 3.65. The first kappa shape index (κ1) is 15.7. The second-order valence-electron chi connectivity index (χ2n) is 5.72. The molecular weight excluding hydrogens is 268 g/mol. The van der Waals surface area contributed by atoms with Gasteiger partial charge < -0.3 is 9.64 Å². The number of anilines is 1. The van der Waals surface area contributed by atoms with Crippen LogP contribution in [0.2, 0.25) is 0 Å². The fourth-order valence-electron chi connectivity index (χ4n) is 2.38. The molecule has 1 saturated heterocycles. The van der Waals surface area contributed by atoms with Crippen LogP contribution in [-0.2, 0) is 9.53 Å². The van der Waals surface area contributed by atoms with Crippen molar-refractivity contribution in [2.75, 3.05) is 44.7 Å². The number of methoxy groups -OCH3 is 1. The summed E-state index contributed by atoms with van der Waals surface area (Å²) in [5, 5.41) is 0. The molecule has 0 bridgehead atoms. The summed E-state index contributed by atoms with van der Waals surface area (Å²) in [4.78, 5) is 24.8. The first-order chi connectivity index (χ1) is 9.99. The number of esters is 1. The highest BCUT2D eigenvalue weighted by molar-refractivity contribution is 5.71. The van der Waals surface area contributed by atoms with Gasteiger partial charge in [-0.1, -0.05) is 13.8 Å². The van der Waals surface area contributed by atoms with Gasteiger partial charge in [0.1, 0.15) is 11.6 Å². The van der Waals surface area contributed by atoms with Crippen molar-refractivity contribution in [3.05, 3.63) is 17.6 Å². The minimum Gasteiger partial charge on any atom is -0.468 e. The number of carbonyl (C=O) groups excluding carboxylic acids is 1.